The summed E-state index contributed by atoms with van der Waals surface area (Å²) in [5.74, 6) is 0. The topological polar surface area (TPSA) is 17.1 Å². The monoisotopic (exact) mass is 334 g/mol. The fraction of sp³-hybridized carbons (Fsp3) is 0. The smallest absolute Gasteiger partial charge is 0.215 e. The van der Waals surface area contributed by atoms with Crippen LogP contribution < -0.4 is 0 Å². The highest BCUT2D eigenvalue weighted by Gasteiger charge is 1.95. The Bertz CT molecular complexity index is 527. The van der Waals surface area contributed by atoms with E-state index in [0.717, 1.165) is 5.56 Å². The van der Waals surface area contributed by atoms with Crippen LogP contribution in [-0.4, -0.2) is 3.79 Å². The van der Waals surface area contributed by atoms with Crippen LogP contribution in [0.5, 0.6) is 0 Å². The fourth-order valence-electron chi connectivity index (χ4n) is 1.58. The molecule has 0 aromatic heterocycles. The molecule has 0 radical (unpaired) electrons. The number of carbonyl (C=O) groups excluding carboxylic acids is 1. The summed E-state index contributed by atoms with van der Waals surface area (Å²) in [5.41, 5.74) is 3.42. The predicted molar refractivity (Wildman–Crippen MR) is 79.9 cm³/mol. The number of hydrogen-bond donors (Lipinski definition) is 0. The first-order chi connectivity index (χ1) is 8.25. The van der Waals surface area contributed by atoms with Gasteiger partial charge in [-0.25, -0.2) is 0 Å². The van der Waals surface area contributed by atoms with Crippen molar-refractivity contribution >= 4 is 32.5 Å². The Hall–Kier alpha value is -1.42. The van der Waals surface area contributed by atoms with Gasteiger partial charge in [0.15, 0.2) is 0 Å². The number of allylic oxidation sites excluding steroid dienone is 1. The van der Waals surface area contributed by atoms with Crippen molar-refractivity contribution in [1.29, 1.82) is 0 Å². The SMILES string of the molecule is O=C(I)/C=C/c1ccc(-c2ccccc2)cc1. The molecule has 0 saturated heterocycles. The van der Waals surface area contributed by atoms with E-state index in [0.29, 0.717) is 0 Å². The zero-order valence-corrected chi connectivity index (χ0v) is 11.3. The van der Waals surface area contributed by atoms with E-state index in [9.17, 15) is 4.79 Å². The van der Waals surface area contributed by atoms with Crippen molar-refractivity contribution in [3.8, 4) is 11.1 Å². The van der Waals surface area contributed by atoms with Crippen LogP contribution in [0.2, 0.25) is 0 Å². The molecule has 0 saturated carbocycles. The van der Waals surface area contributed by atoms with Gasteiger partial charge < -0.3 is 0 Å². The number of halogens is 1. The molecule has 2 rings (SSSR count). The Labute approximate surface area is 114 Å². The lowest BCUT2D eigenvalue weighted by molar-refractivity contribution is -0.105. The molecule has 0 spiro atoms. The molecule has 0 amide bonds. The van der Waals surface area contributed by atoms with Gasteiger partial charge in [0.25, 0.3) is 0 Å². The second-order valence-electron chi connectivity index (χ2n) is 3.63. The van der Waals surface area contributed by atoms with E-state index in [1.807, 2.05) is 36.4 Å². The molecule has 0 aliphatic carbocycles. The Morgan fingerprint density at radius 3 is 2.06 bits per heavy atom. The molecule has 2 aromatic carbocycles. The van der Waals surface area contributed by atoms with E-state index < -0.39 is 0 Å². The summed E-state index contributed by atoms with van der Waals surface area (Å²) in [6, 6.07) is 18.4. The standard InChI is InChI=1S/C15H11IO/c16-15(17)11-8-12-6-9-14(10-7-12)13-4-2-1-3-5-13/h1-11H/b11-8+. The number of benzene rings is 2. The van der Waals surface area contributed by atoms with Crippen molar-refractivity contribution in [2.24, 2.45) is 0 Å². The van der Waals surface area contributed by atoms with Crippen molar-refractivity contribution in [3.63, 3.8) is 0 Å². The maximum atomic E-state index is 10.8. The van der Waals surface area contributed by atoms with Crippen LogP contribution in [0.15, 0.2) is 60.7 Å². The minimum absolute atomic E-state index is 0.0368. The third kappa shape index (κ3) is 3.53. The lowest BCUT2D eigenvalue weighted by atomic mass is 10.0. The Balaban J connectivity index is 2.22. The summed E-state index contributed by atoms with van der Waals surface area (Å²) in [6.45, 7) is 0. The fourth-order valence-corrected chi connectivity index (χ4v) is 1.76. The summed E-state index contributed by atoms with van der Waals surface area (Å²) in [6.07, 6.45) is 3.39. The van der Waals surface area contributed by atoms with Gasteiger partial charge in [-0.15, -0.1) is 0 Å². The quantitative estimate of drug-likeness (QED) is 0.464. The van der Waals surface area contributed by atoms with Gasteiger partial charge in [0.1, 0.15) is 0 Å². The lowest BCUT2D eigenvalue weighted by Crippen LogP contribution is -1.79. The van der Waals surface area contributed by atoms with Gasteiger partial charge in [0.05, 0.1) is 0 Å². The van der Waals surface area contributed by atoms with E-state index >= 15 is 0 Å². The molecular weight excluding hydrogens is 323 g/mol. The van der Waals surface area contributed by atoms with Crippen molar-refractivity contribution < 1.29 is 4.79 Å². The molecular formula is C15H11IO. The first-order valence-electron chi connectivity index (χ1n) is 5.29. The van der Waals surface area contributed by atoms with Crippen LogP contribution in [0.1, 0.15) is 5.56 Å². The van der Waals surface area contributed by atoms with Crippen molar-refractivity contribution in [2.45, 2.75) is 0 Å². The van der Waals surface area contributed by atoms with Crippen LogP contribution in [0.4, 0.5) is 0 Å². The molecule has 2 heteroatoms. The van der Waals surface area contributed by atoms with E-state index in [4.69, 9.17) is 0 Å². The molecule has 0 fully saturated rings. The number of carbonyl (C=O) groups is 1. The Morgan fingerprint density at radius 2 is 1.47 bits per heavy atom. The molecule has 17 heavy (non-hydrogen) atoms. The van der Waals surface area contributed by atoms with Crippen LogP contribution in [-0.2, 0) is 4.79 Å². The zero-order valence-electron chi connectivity index (χ0n) is 9.14. The lowest BCUT2D eigenvalue weighted by Gasteiger charge is -2.01. The molecule has 0 aliphatic heterocycles. The van der Waals surface area contributed by atoms with Crippen molar-refractivity contribution in [2.75, 3.05) is 0 Å². The Kier molecular flexibility index (Phi) is 4.09. The second-order valence-corrected chi connectivity index (χ2v) is 4.69. The van der Waals surface area contributed by atoms with E-state index in [1.165, 1.54) is 11.1 Å². The van der Waals surface area contributed by atoms with Crippen LogP contribution >= 0.6 is 22.6 Å². The molecule has 0 bridgehead atoms. The predicted octanol–water partition coefficient (Wildman–Crippen LogP) is 4.33. The largest absolute Gasteiger partial charge is 0.283 e. The maximum Gasteiger partial charge on any atom is 0.215 e. The van der Waals surface area contributed by atoms with Gasteiger partial charge in [-0.2, -0.15) is 0 Å². The van der Waals surface area contributed by atoms with Crippen LogP contribution in [0.25, 0.3) is 17.2 Å². The Morgan fingerprint density at radius 1 is 0.882 bits per heavy atom. The summed E-state index contributed by atoms with van der Waals surface area (Å²) in [4.78, 5) is 10.8. The average Bonchev–Trinajstić information content (AvgIpc) is 2.38. The number of hydrogen-bond acceptors (Lipinski definition) is 1. The molecule has 84 valence electrons. The average molecular weight is 334 g/mol. The molecule has 0 aliphatic rings. The zero-order chi connectivity index (χ0) is 12.1. The summed E-state index contributed by atoms with van der Waals surface area (Å²) in [5, 5.41) is 0. The van der Waals surface area contributed by atoms with Gasteiger partial charge in [0.2, 0.25) is 3.79 Å². The molecule has 0 atom stereocenters. The highest BCUT2D eigenvalue weighted by Crippen LogP contribution is 2.19. The minimum Gasteiger partial charge on any atom is -0.283 e. The summed E-state index contributed by atoms with van der Waals surface area (Å²) >= 11 is 1.76. The van der Waals surface area contributed by atoms with Crippen molar-refractivity contribution in [3.05, 3.63) is 66.2 Å². The van der Waals surface area contributed by atoms with E-state index in [-0.39, 0.29) is 3.79 Å². The van der Waals surface area contributed by atoms with Gasteiger partial charge >= 0.3 is 0 Å². The van der Waals surface area contributed by atoms with Gasteiger partial charge in [-0.05, 0) is 22.8 Å². The third-order valence-corrected chi connectivity index (χ3v) is 2.78. The number of rotatable bonds is 3. The normalized spacial score (nSPS) is 10.6. The van der Waals surface area contributed by atoms with Gasteiger partial charge in [-0.1, -0.05) is 60.7 Å². The molecule has 1 nitrogen and oxygen atoms in total. The van der Waals surface area contributed by atoms with E-state index in [2.05, 4.69) is 24.3 Å². The summed E-state index contributed by atoms with van der Waals surface area (Å²) in [7, 11) is 0. The molecule has 0 unspecified atom stereocenters. The minimum atomic E-state index is 0.0368. The molecule has 0 N–H and O–H groups in total. The molecule has 2 aromatic rings. The van der Waals surface area contributed by atoms with Gasteiger partial charge in [-0.3, -0.25) is 4.79 Å². The maximum absolute atomic E-state index is 10.8. The van der Waals surface area contributed by atoms with Crippen LogP contribution in [0, 0.1) is 0 Å². The van der Waals surface area contributed by atoms with Crippen molar-refractivity contribution in [1.82, 2.24) is 0 Å². The first kappa shape index (κ1) is 12.0. The first-order valence-corrected chi connectivity index (χ1v) is 6.36. The second kappa shape index (κ2) is 5.77. The third-order valence-electron chi connectivity index (χ3n) is 2.42. The highest BCUT2D eigenvalue weighted by molar-refractivity contribution is 14.1. The van der Waals surface area contributed by atoms with Crippen LogP contribution in [0.3, 0.4) is 0 Å². The van der Waals surface area contributed by atoms with Gasteiger partial charge in [0, 0.05) is 22.6 Å². The molecule has 0 heterocycles. The highest BCUT2D eigenvalue weighted by atomic mass is 127. The van der Waals surface area contributed by atoms with E-state index in [1.54, 1.807) is 28.7 Å². The summed E-state index contributed by atoms with van der Waals surface area (Å²) < 4.78 is 0.0368.